The van der Waals surface area contributed by atoms with Crippen LogP contribution in [-0.2, 0) is 11.2 Å². The number of amides is 1. The van der Waals surface area contributed by atoms with E-state index in [1.807, 2.05) is 0 Å². The zero-order valence-corrected chi connectivity index (χ0v) is 17.1. The predicted octanol–water partition coefficient (Wildman–Crippen LogP) is 4.06. The molecule has 2 aliphatic heterocycles. The van der Waals surface area contributed by atoms with Crippen molar-refractivity contribution in [3.63, 3.8) is 0 Å². The van der Waals surface area contributed by atoms with E-state index in [1.54, 1.807) is 0 Å². The van der Waals surface area contributed by atoms with Crippen LogP contribution in [-0.4, -0.2) is 37.0 Å². The summed E-state index contributed by atoms with van der Waals surface area (Å²) in [5.41, 5.74) is 1.72. The summed E-state index contributed by atoms with van der Waals surface area (Å²) in [7, 11) is 0. The van der Waals surface area contributed by atoms with Crippen molar-refractivity contribution in [2.75, 3.05) is 26.2 Å². The van der Waals surface area contributed by atoms with Crippen LogP contribution in [0.4, 0.5) is 0 Å². The van der Waals surface area contributed by atoms with Gasteiger partial charge < -0.3 is 10.2 Å². The minimum absolute atomic E-state index is 0. The Labute approximate surface area is 169 Å². The number of benzene rings is 1. The minimum Gasteiger partial charge on any atom is -0.342 e. The first-order chi connectivity index (χ1) is 12.7. The van der Waals surface area contributed by atoms with Gasteiger partial charge in [0.2, 0.25) is 5.91 Å². The molecule has 0 radical (unpaired) electrons. The Morgan fingerprint density at radius 2 is 1.89 bits per heavy atom. The number of nitrogens with zero attached hydrogens (tertiary/aromatic N) is 1. The van der Waals surface area contributed by atoms with Crippen molar-refractivity contribution < 1.29 is 4.79 Å². The second-order valence-corrected chi connectivity index (χ2v) is 9.62. The molecule has 1 N–H and O–H groups in total. The fraction of sp³-hybridized carbons (Fsp3) is 0.696. The molecule has 2 aliphatic carbocycles. The molecular formula is C23H33ClN2O. The van der Waals surface area contributed by atoms with E-state index in [4.69, 9.17) is 0 Å². The first-order valence-electron chi connectivity index (χ1n) is 10.7. The molecule has 27 heavy (non-hydrogen) atoms. The van der Waals surface area contributed by atoms with Crippen LogP contribution in [0.25, 0.3) is 0 Å². The SMILES string of the molecule is Cl.O=C(N1CCC2(CCNC2)CC1)C1(Cc2ccccc2)CC2CCC1C2. The smallest absolute Gasteiger partial charge is 0.229 e. The molecule has 2 heterocycles. The fourth-order valence-corrected chi connectivity index (χ4v) is 6.68. The number of halogens is 1. The van der Waals surface area contributed by atoms with Gasteiger partial charge in [0.25, 0.3) is 0 Å². The van der Waals surface area contributed by atoms with E-state index in [9.17, 15) is 4.79 Å². The lowest BCUT2D eigenvalue weighted by atomic mass is 9.67. The van der Waals surface area contributed by atoms with Crippen molar-refractivity contribution >= 4 is 18.3 Å². The van der Waals surface area contributed by atoms with Gasteiger partial charge in [0.1, 0.15) is 0 Å². The maximum atomic E-state index is 13.8. The summed E-state index contributed by atoms with van der Waals surface area (Å²) in [6.07, 6.45) is 9.69. The Morgan fingerprint density at radius 1 is 1.11 bits per heavy atom. The van der Waals surface area contributed by atoms with E-state index in [-0.39, 0.29) is 17.8 Å². The third kappa shape index (κ3) is 3.31. The molecule has 3 unspecified atom stereocenters. The summed E-state index contributed by atoms with van der Waals surface area (Å²) in [5.74, 6) is 1.90. The van der Waals surface area contributed by atoms with Gasteiger partial charge in [0.05, 0.1) is 5.41 Å². The van der Waals surface area contributed by atoms with E-state index >= 15 is 0 Å². The van der Waals surface area contributed by atoms with Gasteiger partial charge in [-0.2, -0.15) is 0 Å². The Kier molecular flexibility index (Phi) is 5.28. The quantitative estimate of drug-likeness (QED) is 0.846. The lowest BCUT2D eigenvalue weighted by Gasteiger charge is -2.45. The van der Waals surface area contributed by atoms with Crippen molar-refractivity contribution in [3.8, 4) is 0 Å². The van der Waals surface area contributed by atoms with Gasteiger partial charge in [-0.15, -0.1) is 12.4 Å². The standard InChI is InChI=1S/C23H32N2O.ClH/c26-21(25-12-9-22(10-13-25)8-11-24-17-22)23(15-18-4-2-1-3-5-18)16-19-6-7-20(23)14-19;/h1-5,19-20,24H,6-17H2;1H. The summed E-state index contributed by atoms with van der Waals surface area (Å²) in [6.45, 7) is 4.29. The molecule has 0 aromatic heterocycles. The lowest BCUT2D eigenvalue weighted by molar-refractivity contribution is -0.148. The summed E-state index contributed by atoms with van der Waals surface area (Å²) in [4.78, 5) is 16.1. The normalized spacial score (nSPS) is 34.0. The van der Waals surface area contributed by atoms with Gasteiger partial charge in [0.15, 0.2) is 0 Å². The highest BCUT2D eigenvalue weighted by molar-refractivity contribution is 5.85. The first kappa shape index (κ1) is 19.3. The molecule has 4 heteroatoms. The van der Waals surface area contributed by atoms with Gasteiger partial charge in [-0.3, -0.25) is 4.79 Å². The number of hydrogen-bond donors (Lipinski definition) is 1. The molecule has 2 saturated heterocycles. The largest absolute Gasteiger partial charge is 0.342 e. The molecule has 3 atom stereocenters. The van der Waals surface area contributed by atoms with Gasteiger partial charge in [-0.05, 0) is 74.3 Å². The summed E-state index contributed by atoms with van der Waals surface area (Å²) in [6, 6.07) is 10.8. The highest BCUT2D eigenvalue weighted by atomic mass is 35.5. The number of nitrogens with one attached hydrogen (secondary N) is 1. The highest BCUT2D eigenvalue weighted by Gasteiger charge is 2.56. The Morgan fingerprint density at radius 3 is 2.48 bits per heavy atom. The maximum Gasteiger partial charge on any atom is 0.229 e. The summed E-state index contributed by atoms with van der Waals surface area (Å²) >= 11 is 0. The van der Waals surface area contributed by atoms with Crippen molar-refractivity contribution in [1.29, 1.82) is 0 Å². The number of fused-ring (bicyclic) bond motifs is 2. The number of carbonyl (C=O) groups excluding carboxylic acids is 1. The second-order valence-electron chi connectivity index (χ2n) is 9.62. The van der Waals surface area contributed by atoms with Crippen LogP contribution in [0.2, 0.25) is 0 Å². The molecule has 2 bridgehead atoms. The summed E-state index contributed by atoms with van der Waals surface area (Å²) in [5, 5.41) is 3.54. The molecular weight excluding hydrogens is 356 g/mol. The molecule has 2 saturated carbocycles. The molecule has 1 spiro atoms. The van der Waals surface area contributed by atoms with E-state index in [0.717, 1.165) is 44.9 Å². The first-order valence-corrected chi connectivity index (χ1v) is 10.7. The average Bonchev–Trinajstić information content (AvgIpc) is 3.40. The van der Waals surface area contributed by atoms with Gasteiger partial charge in [-0.1, -0.05) is 36.8 Å². The molecule has 1 amide bonds. The Balaban J connectivity index is 0.00000180. The monoisotopic (exact) mass is 388 g/mol. The summed E-state index contributed by atoms with van der Waals surface area (Å²) < 4.78 is 0. The van der Waals surface area contributed by atoms with E-state index in [2.05, 4.69) is 40.5 Å². The topological polar surface area (TPSA) is 32.3 Å². The third-order valence-electron chi connectivity index (χ3n) is 8.21. The van der Waals surface area contributed by atoms with Crippen molar-refractivity contribution in [2.45, 2.75) is 51.4 Å². The van der Waals surface area contributed by atoms with Crippen molar-refractivity contribution in [3.05, 3.63) is 35.9 Å². The molecule has 148 valence electrons. The third-order valence-corrected chi connectivity index (χ3v) is 8.21. The van der Waals surface area contributed by atoms with Crippen LogP contribution >= 0.6 is 12.4 Å². The molecule has 4 aliphatic rings. The number of likely N-dealkylation sites (tertiary alicyclic amines) is 1. The number of carbonyl (C=O) groups is 1. The van der Waals surface area contributed by atoms with E-state index < -0.39 is 0 Å². The number of piperidine rings is 1. The molecule has 1 aromatic carbocycles. The van der Waals surface area contributed by atoms with Crippen molar-refractivity contribution in [2.24, 2.45) is 22.7 Å². The zero-order chi connectivity index (χ0) is 17.6. The molecule has 4 fully saturated rings. The van der Waals surface area contributed by atoms with E-state index in [1.165, 1.54) is 44.1 Å². The zero-order valence-electron chi connectivity index (χ0n) is 16.3. The van der Waals surface area contributed by atoms with Gasteiger partial charge in [-0.25, -0.2) is 0 Å². The van der Waals surface area contributed by atoms with Crippen LogP contribution in [0.15, 0.2) is 30.3 Å². The van der Waals surface area contributed by atoms with Gasteiger partial charge >= 0.3 is 0 Å². The fourth-order valence-electron chi connectivity index (χ4n) is 6.68. The van der Waals surface area contributed by atoms with E-state index in [0.29, 0.717) is 17.2 Å². The predicted molar refractivity (Wildman–Crippen MR) is 111 cm³/mol. The number of hydrogen-bond acceptors (Lipinski definition) is 2. The Hall–Kier alpha value is -1.06. The van der Waals surface area contributed by atoms with Gasteiger partial charge in [0, 0.05) is 19.6 Å². The maximum absolute atomic E-state index is 13.8. The second kappa shape index (κ2) is 7.40. The van der Waals surface area contributed by atoms with Crippen molar-refractivity contribution in [1.82, 2.24) is 10.2 Å². The molecule has 3 nitrogen and oxygen atoms in total. The average molecular weight is 389 g/mol. The van der Waals surface area contributed by atoms with Crippen LogP contribution in [0.1, 0.15) is 50.5 Å². The highest BCUT2D eigenvalue weighted by Crippen LogP contribution is 2.58. The Bertz CT molecular complexity index is 662. The van der Waals surface area contributed by atoms with Crippen LogP contribution < -0.4 is 5.32 Å². The molecule has 1 aromatic rings. The van der Waals surface area contributed by atoms with Crippen LogP contribution in [0.5, 0.6) is 0 Å². The van der Waals surface area contributed by atoms with Crippen LogP contribution in [0, 0.1) is 22.7 Å². The number of rotatable bonds is 3. The molecule has 5 rings (SSSR count). The lowest BCUT2D eigenvalue weighted by Crippen LogP contribution is -2.52. The minimum atomic E-state index is -0.108. The van der Waals surface area contributed by atoms with Crippen LogP contribution in [0.3, 0.4) is 0 Å².